The second-order valence-corrected chi connectivity index (χ2v) is 4.54. The third-order valence-corrected chi connectivity index (χ3v) is 3.53. The summed E-state index contributed by atoms with van der Waals surface area (Å²) in [4.78, 5) is 16.1. The first-order valence-corrected chi connectivity index (χ1v) is 6.06. The highest BCUT2D eigenvalue weighted by Crippen LogP contribution is 2.22. The first kappa shape index (κ1) is 11.7. The lowest BCUT2D eigenvalue weighted by Crippen LogP contribution is -1.94. The predicted molar refractivity (Wildman–Crippen MR) is 60.3 cm³/mol. The first-order chi connectivity index (χ1) is 6.69. The van der Waals surface area contributed by atoms with Gasteiger partial charge in [0.25, 0.3) is 5.24 Å². The van der Waals surface area contributed by atoms with Crippen LogP contribution in [0.2, 0.25) is 0 Å². The Morgan fingerprint density at radius 2 is 2.21 bits per heavy atom. The van der Waals surface area contributed by atoms with E-state index in [1.165, 1.54) is 11.3 Å². The van der Waals surface area contributed by atoms with Gasteiger partial charge in [0.2, 0.25) is 0 Å². The van der Waals surface area contributed by atoms with E-state index < -0.39 is 0 Å². The Morgan fingerprint density at radius 3 is 2.71 bits per heavy atom. The molecule has 1 rings (SSSR count). The molecule has 0 amide bonds. The standard InChI is InChI=1S/C10H14ClNOS/c1-3-5-6-7-9(10(11)13)14-8(4-2)12-7/h3-6H2,1-2H3. The summed E-state index contributed by atoms with van der Waals surface area (Å²) >= 11 is 6.91. The average Bonchev–Trinajstić information content (AvgIpc) is 2.58. The summed E-state index contributed by atoms with van der Waals surface area (Å²) < 4.78 is 0. The number of rotatable bonds is 5. The number of aromatic nitrogens is 1. The quantitative estimate of drug-likeness (QED) is 0.727. The molecule has 0 saturated carbocycles. The second-order valence-electron chi connectivity index (χ2n) is 3.11. The second kappa shape index (κ2) is 5.47. The van der Waals surface area contributed by atoms with Crippen molar-refractivity contribution < 1.29 is 4.79 Å². The van der Waals surface area contributed by atoms with E-state index in [2.05, 4.69) is 11.9 Å². The summed E-state index contributed by atoms with van der Waals surface area (Å²) in [6.07, 6.45) is 3.90. The highest BCUT2D eigenvalue weighted by molar-refractivity contribution is 7.15. The lowest BCUT2D eigenvalue weighted by molar-refractivity contribution is 0.108. The van der Waals surface area contributed by atoms with E-state index in [0.29, 0.717) is 4.88 Å². The molecule has 0 unspecified atom stereocenters. The van der Waals surface area contributed by atoms with Crippen LogP contribution in [0.5, 0.6) is 0 Å². The Hall–Kier alpha value is -0.410. The van der Waals surface area contributed by atoms with Crippen molar-refractivity contribution in [1.82, 2.24) is 4.98 Å². The van der Waals surface area contributed by atoms with E-state index in [1.54, 1.807) is 0 Å². The predicted octanol–water partition coefficient (Wildman–Crippen LogP) is 3.43. The van der Waals surface area contributed by atoms with Gasteiger partial charge >= 0.3 is 0 Å². The van der Waals surface area contributed by atoms with Crippen LogP contribution in [0.15, 0.2) is 0 Å². The molecule has 1 aromatic rings. The van der Waals surface area contributed by atoms with Crippen LogP contribution in [-0.2, 0) is 12.8 Å². The van der Waals surface area contributed by atoms with Gasteiger partial charge in [0.05, 0.1) is 10.7 Å². The Morgan fingerprint density at radius 1 is 1.50 bits per heavy atom. The van der Waals surface area contributed by atoms with Crippen LogP contribution < -0.4 is 0 Å². The largest absolute Gasteiger partial charge is 0.275 e. The zero-order chi connectivity index (χ0) is 10.6. The van der Waals surface area contributed by atoms with E-state index in [1.807, 2.05) is 6.92 Å². The number of carbonyl (C=O) groups excluding carboxylic acids is 1. The minimum absolute atomic E-state index is 0.367. The van der Waals surface area contributed by atoms with Gasteiger partial charge in [0.1, 0.15) is 4.88 Å². The molecule has 2 nitrogen and oxygen atoms in total. The monoisotopic (exact) mass is 231 g/mol. The number of carbonyl (C=O) groups is 1. The molecule has 14 heavy (non-hydrogen) atoms. The fourth-order valence-corrected chi connectivity index (χ4v) is 2.33. The molecule has 0 bridgehead atoms. The van der Waals surface area contributed by atoms with Gasteiger partial charge in [-0.25, -0.2) is 4.98 Å². The molecule has 4 heteroatoms. The van der Waals surface area contributed by atoms with Gasteiger partial charge in [-0.3, -0.25) is 4.79 Å². The third-order valence-electron chi connectivity index (χ3n) is 1.99. The lowest BCUT2D eigenvalue weighted by atomic mass is 10.2. The molecule has 0 aliphatic rings. The zero-order valence-electron chi connectivity index (χ0n) is 8.47. The minimum atomic E-state index is -0.367. The van der Waals surface area contributed by atoms with Crippen LogP contribution in [-0.4, -0.2) is 10.2 Å². The first-order valence-electron chi connectivity index (χ1n) is 4.87. The molecule has 1 heterocycles. The molecular weight excluding hydrogens is 218 g/mol. The van der Waals surface area contributed by atoms with Crippen molar-refractivity contribution in [2.24, 2.45) is 0 Å². The Balaban J connectivity index is 2.88. The number of thiazole rings is 1. The number of aryl methyl sites for hydroxylation is 2. The molecular formula is C10H14ClNOS. The van der Waals surface area contributed by atoms with E-state index in [4.69, 9.17) is 11.6 Å². The lowest BCUT2D eigenvalue weighted by Gasteiger charge is -1.95. The van der Waals surface area contributed by atoms with Crippen LogP contribution >= 0.6 is 22.9 Å². The topological polar surface area (TPSA) is 30.0 Å². The maximum atomic E-state index is 11.1. The van der Waals surface area contributed by atoms with E-state index in [0.717, 1.165) is 36.4 Å². The molecule has 0 aromatic carbocycles. The van der Waals surface area contributed by atoms with E-state index >= 15 is 0 Å². The molecule has 0 N–H and O–H groups in total. The van der Waals surface area contributed by atoms with Gasteiger partial charge in [0, 0.05) is 0 Å². The van der Waals surface area contributed by atoms with Crippen LogP contribution in [0, 0.1) is 0 Å². The molecule has 0 aliphatic heterocycles. The van der Waals surface area contributed by atoms with Crippen LogP contribution in [0.1, 0.15) is 47.1 Å². The highest BCUT2D eigenvalue weighted by atomic mass is 35.5. The Bertz CT molecular complexity index is 322. The van der Waals surface area contributed by atoms with Crippen LogP contribution in [0.3, 0.4) is 0 Å². The zero-order valence-corrected chi connectivity index (χ0v) is 10.0. The van der Waals surface area contributed by atoms with Gasteiger partial charge in [-0.15, -0.1) is 11.3 Å². The number of nitrogens with zero attached hydrogens (tertiary/aromatic N) is 1. The third kappa shape index (κ3) is 2.79. The van der Waals surface area contributed by atoms with Gasteiger partial charge in [-0.2, -0.15) is 0 Å². The average molecular weight is 232 g/mol. The van der Waals surface area contributed by atoms with Gasteiger partial charge in [-0.1, -0.05) is 20.3 Å². The van der Waals surface area contributed by atoms with Crippen LogP contribution in [0.4, 0.5) is 0 Å². The SMILES string of the molecule is CCCCc1nc(CC)sc1C(=O)Cl. The maximum Gasteiger partial charge on any atom is 0.264 e. The van der Waals surface area contributed by atoms with Gasteiger partial charge in [-0.05, 0) is 30.9 Å². The molecule has 0 saturated heterocycles. The summed E-state index contributed by atoms with van der Waals surface area (Å²) in [5.74, 6) is 0. The van der Waals surface area contributed by atoms with E-state index in [-0.39, 0.29) is 5.24 Å². The van der Waals surface area contributed by atoms with Crippen molar-refractivity contribution >= 4 is 28.2 Å². The fraction of sp³-hybridized carbons (Fsp3) is 0.600. The van der Waals surface area contributed by atoms with Crippen molar-refractivity contribution in [3.05, 3.63) is 15.6 Å². The molecule has 1 aromatic heterocycles. The number of hydrogen-bond donors (Lipinski definition) is 0. The normalized spacial score (nSPS) is 10.5. The van der Waals surface area contributed by atoms with Crippen molar-refractivity contribution in [3.63, 3.8) is 0 Å². The highest BCUT2D eigenvalue weighted by Gasteiger charge is 2.14. The number of hydrogen-bond acceptors (Lipinski definition) is 3. The summed E-state index contributed by atoms with van der Waals surface area (Å²) in [6, 6.07) is 0. The van der Waals surface area contributed by atoms with E-state index in [9.17, 15) is 4.79 Å². The molecule has 78 valence electrons. The molecule has 0 fully saturated rings. The number of halogens is 1. The fourth-order valence-electron chi connectivity index (χ4n) is 1.22. The molecule has 0 spiro atoms. The summed E-state index contributed by atoms with van der Waals surface area (Å²) in [5, 5.41) is 0.633. The summed E-state index contributed by atoms with van der Waals surface area (Å²) in [5.41, 5.74) is 0.883. The van der Waals surface area contributed by atoms with Gasteiger partial charge < -0.3 is 0 Å². The molecule has 0 radical (unpaired) electrons. The molecule has 0 atom stereocenters. The minimum Gasteiger partial charge on any atom is -0.275 e. The maximum absolute atomic E-state index is 11.1. The van der Waals surface area contributed by atoms with Crippen molar-refractivity contribution in [2.45, 2.75) is 39.5 Å². The van der Waals surface area contributed by atoms with Crippen molar-refractivity contribution in [1.29, 1.82) is 0 Å². The Kier molecular flexibility index (Phi) is 4.55. The summed E-state index contributed by atoms with van der Waals surface area (Å²) in [6.45, 7) is 4.15. The smallest absolute Gasteiger partial charge is 0.264 e. The van der Waals surface area contributed by atoms with Crippen LogP contribution in [0.25, 0.3) is 0 Å². The van der Waals surface area contributed by atoms with Crippen molar-refractivity contribution in [2.75, 3.05) is 0 Å². The molecule has 0 aliphatic carbocycles. The summed E-state index contributed by atoms with van der Waals surface area (Å²) in [7, 11) is 0. The Labute approximate surface area is 93.3 Å². The van der Waals surface area contributed by atoms with Gasteiger partial charge in [0.15, 0.2) is 0 Å². The van der Waals surface area contributed by atoms with Crippen molar-refractivity contribution in [3.8, 4) is 0 Å². The number of unbranched alkanes of at least 4 members (excludes halogenated alkanes) is 1.